The molecule has 0 aliphatic rings. The summed E-state index contributed by atoms with van der Waals surface area (Å²) >= 11 is 5.84. The number of carbonyl (C=O) groups excluding carboxylic acids is 1. The third kappa shape index (κ3) is 2.73. The van der Waals surface area contributed by atoms with Crippen molar-refractivity contribution in [3.05, 3.63) is 41.2 Å². The van der Waals surface area contributed by atoms with Crippen molar-refractivity contribution < 1.29 is 14.6 Å². The Balaban J connectivity index is 3.14. The van der Waals surface area contributed by atoms with Crippen LogP contribution in [0.25, 0.3) is 5.03 Å². The van der Waals surface area contributed by atoms with Crippen LogP contribution in [-0.2, 0) is 4.74 Å². The lowest BCUT2D eigenvalue weighted by Gasteiger charge is -2.03. The topological polar surface area (TPSA) is 46.5 Å². The van der Waals surface area contributed by atoms with Crippen molar-refractivity contribution >= 4 is 22.6 Å². The number of hydrogen-bond acceptors (Lipinski definition) is 3. The Kier molecular flexibility index (Phi) is 3.74. The van der Waals surface area contributed by atoms with E-state index in [1.54, 1.807) is 24.3 Å². The fourth-order valence-corrected chi connectivity index (χ4v) is 1.23. The predicted octanol–water partition coefficient (Wildman–Crippen LogP) is 2.96. The maximum absolute atomic E-state index is 11.2. The first-order valence-electron chi connectivity index (χ1n) is 4.30. The number of benzene rings is 1. The average molecular weight is 227 g/mol. The minimum atomic E-state index is -0.433. The van der Waals surface area contributed by atoms with Gasteiger partial charge in [0.2, 0.25) is 0 Å². The highest BCUT2D eigenvalue weighted by Crippen LogP contribution is 2.22. The molecule has 0 bridgehead atoms. The van der Waals surface area contributed by atoms with E-state index < -0.39 is 5.97 Å². The molecule has 0 saturated carbocycles. The zero-order chi connectivity index (χ0) is 11.4. The van der Waals surface area contributed by atoms with Crippen LogP contribution in [-0.4, -0.2) is 18.2 Å². The Morgan fingerprint density at radius 2 is 2.00 bits per heavy atom. The quantitative estimate of drug-likeness (QED) is 0.623. The first kappa shape index (κ1) is 11.6. The lowest BCUT2D eigenvalue weighted by molar-refractivity contribution is 0.0600. The number of halogens is 1. The van der Waals surface area contributed by atoms with E-state index in [9.17, 15) is 9.90 Å². The van der Waals surface area contributed by atoms with E-state index in [-0.39, 0.29) is 10.8 Å². The fraction of sp³-hybridized carbons (Fsp3) is 0.182. The van der Waals surface area contributed by atoms with Gasteiger partial charge in [-0.15, -0.1) is 0 Å². The summed E-state index contributed by atoms with van der Waals surface area (Å²) in [6.07, 6.45) is 0. The number of carbonyl (C=O) groups is 1. The number of allylic oxidation sites excluding steroid dienone is 1. The van der Waals surface area contributed by atoms with Gasteiger partial charge in [0, 0.05) is 0 Å². The fourth-order valence-electron chi connectivity index (χ4n) is 1.11. The maximum atomic E-state index is 11.2. The van der Waals surface area contributed by atoms with E-state index in [2.05, 4.69) is 4.74 Å². The van der Waals surface area contributed by atoms with E-state index >= 15 is 0 Å². The van der Waals surface area contributed by atoms with Crippen LogP contribution in [0.4, 0.5) is 0 Å². The molecule has 1 aromatic rings. The highest BCUT2D eigenvalue weighted by Gasteiger charge is 2.08. The number of rotatable bonds is 2. The maximum Gasteiger partial charge on any atom is 0.337 e. The second-order valence-corrected chi connectivity index (χ2v) is 3.35. The number of hydrogen-bond donors (Lipinski definition) is 1. The molecule has 1 aromatic carbocycles. The Hall–Kier alpha value is -1.48. The second kappa shape index (κ2) is 4.84. The highest BCUT2D eigenvalue weighted by molar-refractivity contribution is 6.49. The molecule has 0 spiro atoms. The number of methoxy groups -OCH3 is 1. The van der Waals surface area contributed by atoms with E-state index in [4.69, 9.17) is 11.6 Å². The Morgan fingerprint density at radius 3 is 2.53 bits per heavy atom. The highest BCUT2D eigenvalue weighted by atomic mass is 35.5. The van der Waals surface area contributed by atoms with Crippen molar-refractivity contribution in [2.75, 3.05) is 7.11 Å². The summed E-state index contributed by atoms with van der Waals surface area (Å²) in [5, 5.41) is 9.42. The van der Waals surface area contributed by atoms with Crippen molar-refractivity contribution in [3.63, 3.8) is 0 Å². The molecule has 3 nitrogen and oxygen atoms in total. The summed E-state index contributed by atoms with van der Waals surface area (Å²) in [6.45, 7) is 1.48. The van der Waals surface area contributed by atoms with Crippen molar-refractivity contribution in [2.45, 2.75) is 6.92 Å². The van der Waals surface area contributed by atoms with Crippen LogP contribution in [0.1, 0.15) is 22.8 Å². The lowest BCUT2D eigenvalue weighted by atomic mass is 10.1. The Morgan fingerprint density at radius 1 is 1.40 bits per heavy atom. The summed E-state index contributed by atoms with van der Waals surface area (Å²) in [5.74, 6) is -0.421. The van der Waals surface area contributed by atoms with Crippen LogP contribution in [0.15, 0.2) is 30.0 Å². The Bertz CT molecular complexity index is 406. The third-order valence-electron chi connectivity index (χ3n) is 1.85. The SMILES string of the molecule is COC(=O)c1cccc(C(Cl)=C(C)O)c1. The standard InChI is InChI=1S/C11H11ClO3/c1-7(13)10(12)8-4-3-5-9(6-8)11(14)15-2/h3-6,13H,1-2H3. The summed E-state index contributed by atoms with van der Waals surface area (Å²) < 4.78 is 4.57. The molecule has 0 heterocycles. The molecular weight excluding hydrogens is 216 g/mol. The summed E-state index contributed by atoms with van der Waals surface area (Å²) in [5.41, 5.74) is 0.981. The van der Waals surface area contributed by atoms with Crippen LogP contribution in [0.2, 0.25) is 0 Å². The number of esters is 1. The number of aliphatic hydroxyl groups is 1. The molecular formula is C11H11ClO3. The van der Waals surface area contributed by atoms with Crippen molar-refractivity contribution in [1.29, 1.82) is 0 Å². The molecule has 0 aliphatic heterocycles. The van der Waals surface area contributed by atoms with Crippen LogP contribution in [0.5, 0.6) is 0 Å². The van der Waals surface area contributed by atoms with Gasteiger partial charge in [0.15, 0.2) is 0 Å². The summed E-state index contributed by atoms with van der Waals surface area (Å²) in [7, 11) is 1.31. The monoisotopic (exact) mass is 226 g/mol. The van der Waals surface area contributed by atoms with Gasteiger partial charge >= 0.3 is 5.97 Å². The van der Waals surface area contributed by atoms with Gasteiger partial charge in [-0.1, -0.05) is 23.7 Å². The molecule has 0 atom stereocenters. The van der Waals surface area contributed by atoms with Gasteiger partial charge in [-0.3, -0.25) is 0 Å². The zero-order valence-electron chi connectivity index (χ0n) is 8.45. The molecule has 15 heavy (non-hydrogen) atoms. The largest absolute Gasteiger partial charge is 0.511 e. The van der Waals surface area contributed by atoms with Crippen LogP contribution < -0.4 is 0 Å². The minimum Gasteiger partial charge on any atom is -0.511 e. The molecule has 0 aliphatic carbocycles. The van der Waals surface area contributed by atoms with E-state index in [0.29, 0.717) is 11.1 Å². The molecule has 0 radical (unpaired) electrons. The van der Waals surface area contributed by atoms with Crippen molar-refractivity contribution in [3.8, 4) is 0 Å². The molecule has 0 fully saturated rings. The first-order chi connectivity index (χ1) is 7.06. The number of ether oxygens (including phenoxy) is 1. The molecule has 0 saturated heterocycles. The van der Waals surface area contributed by atoms with Gasteiger partial charge in [0.05, 0.1) is 17.7 Å². The van der Waals surface area contributed by atoms with Gasteiger partial charge in [0.1, 0.15) is 5.76 Å². The number of aliphatic hydroxyl groups excluding tert-OH is 1. The van der Waals surface area contributed by atoms with Gasteiger partial charge in [-0.2, -0.15) is 0 Å². The predicted molar refractivity (Wildman–Crippen MR) is 58.9 cm³/mol. The molecule has 4 heteroatoms. The molecule has 1 rings (SSSR count). The van der Waals surface area contributed by atoms with Crippen molar-refractivity contribution in [2.24, 2.45) is 0 Å². The van der Waals surface area contributed by atoms with Crippen LogP contribution in [0, 0.1) is 0 Å². The summed E-state index contributed by atoms with van der Waals surface area (Å²) in [6, 6.07) is 6.56. The molecule has 1 N–H and O–H groups in total. The van der Waals surface area contributed by atoms with Crippen LogP contribution in [0.3, 0.4) is 0 Å². The van der Waals surface area contributed by atoms with Crippen LogP contribution >= 0.6 is 11.6 Å². The molecule has 0 aromatic heterocycles. The smallest absolute Gasteiger partial charge is 0.337 e. The Labute approximate surface area is 92.9 Å². The average Bonchev–Trinajstić information content (AvgIpc) is 2.27. The minimum absolute atomic E-state index is 0.0127. The van der Waals surface area contributed by atoms with E-state index in [0.717, 1.165) is 0 Å². The molecule has 0 unspecified atom stereocenters. The van der Waals surface area contributed by atoms with Gasteiger partial charge in [0.25, 0.3) is 0 Å². The van der Waals surface area contributed by atoms with Gasteiger partial charge in [-0.25, -0.2) is 4.79 Å². The van der Waals surface area contributed by atoms with E-state index in [1.165, 1.54) is 14.0 Å². The van der Waals surface area contributed by atoms with Gasteiger partial charge < -0.3 is 9.84 Å². The zero-order valence-corrected chi connectivity index (χ0v) is 9.21. The lowest BCUT2D eigenvalue weighted by Crippen LogP contribution is -2.01. The van der Waals surface area contributed by atoms with E-state index in [1.807, 2.05) is 0 Å². The second-order valence-electron chi connectivity index (χ2n) is 2.97. The molecule has 80 valence electrons. The normalized spacial score (nSPS) is 11.9. The first-order valence-corrected chi connectivity index (χ1v) is 4.68. The third-order valence-corrected chi connectivity index (χ3v) is 2.35. The summed E-state index contributed by atoms with van der Waals surface area (Å²) in [4.78, 5) is 11.2. The van der Waals surface area contributed by atoms with Gasteiger partial charge in [-0.05, 0) is 24.6 Å². The molecule has 0 amide bonds. The van der Waals surface area contributed by atoms with Crippen molar-refractivity contribution in [1.82, 2.24) is 0 Å².